The molecule has 0 aromatic heterocycles. The molecule has 0 radical (unpaired) electrons. The normalized spacial score (nSPS) is 18.9. The Morgan fingerprint density at radius 2 is 1.05 bits per heavy atom. The molecule has 252 valence electrons. The van der Waals surface area contributed by atoms with E-state index in [1.165, 1.54) is 0 Å². The Labute approximate surface area is 283 Å². The molecule has 0 unspecified atom stereocenters. The van der Waals surface area contributed by atoms with Gasteiger partial charge in [-0.2, -0.15) is 0 Å². The predicted molar refractivity (Wildman–Crippen MR) is 188 cm³/mol. The second kappa shape index (κ2) is 19.7. The van der Waals surface area contributed by atoms with Crippen molar-refractivity contribution in [2.45, 2.75) is 77.8 Å². The molecule has 2 saturated heterocycles. The number of quaternary nitrogens is 2. The second-order valence-electron chi connectivity index (χ2n) is 14.3. The van der Waals surface area contributed by atoms with Crippen LogP contribution < -0.4 is 4.70 Å². The van der Waals surface area contributed by atoms with Crippen molar-refractivity contribution in [2.24, 2.45) is 0 Å². The van der Waals surface area contributed by atoms with Crippen molar-refractivity contribution >= 4 is 44.1 Å². The van der Waals surface area contributed by atoms with E-state index in [-0.39, 0.29) is 52.3 Å². The Morgan fingerprint density at radius 1 is 0.705 bits per heavy atom. The first kappa shape index (κ1) is 47.5. The lowest BCUT2D eigenvalue weighted by molar-refractivity contribution is -0.873. The Balaban J connectivity index is -0.000000533. The van der Waals surface area contributed by atoms with Gasteiger partial charge in [0.15, 0.2) is 0 Å². The Kier molecular flexibility index (Phi) is 21.3. The van der Waals surface area contributed by atoms with Crippen LogP contribution in [0.25, 0.3) is 0 Å². The molecule has 0 amide bonds. The van der Waals surface area contributed by atoms with E-state index < -0.39 is 7.27 Å². The molecule has 2 heterocycles. The van der Waals surface area contributed by atoms with Crippen LogP contribution in [0.3, 0.4) is 0 Å². The SMILES string of the molecule is C#CCN(C)C.C#CC[N+](C)(C)CB(F)F.C#CC[N+](C)(C)CB1OC(C)(C)C(C)(C)O1.CC1(C)OB(CI)OC1(C)C.[F-]. The summed E-state index contributed by atoms with van der Waals surface area (Å²) >= 11 is 2.27. The molecule has 0 aromatic carbocycles. The summed E-state index contributed by atoms with van der Waals surface area (Å²) in [7, 11) is 8.96. The van der Waals surface area contributed by atoms with Gasteiger partial charge in [0.1, 0.15) is 26.0 Å². The molecule has 44 heavy (non-hydrogen) atoms. The van der Waals surface area contributed by atoms with Crippen LogP contribution in [-0.2, 0) is 18.6 Å². The van der Waals surface area contributed by atoms with Gasteiger partial charge in [-0.25, -0.2) is 0 Å². The van der Waals surface area contributed by atoms with E-state index in [4.69, 9.17) is 37.9 Å². The van der Waals surface area contributed by atoms with Gasteiger partial charge >= 0.3 is 21.5 Å². The summed E-state index contributed by atoms with van der Waals surface area (Å²) in [5.74, 6) is 7.53. The maximum Gasteiger partial charge on any atom is 0.592 e. The molecule has 2 fully saturated rings. The van der Waals surface area contributed by atoms with Gasteiger partial charge in [0.2, 0.25) is 0 Å². The smallest absolute Gasteiger partial charge is 0.592 e. The molecule has 2 aliphatic heterocycles. The van der Waals surface area contributed by atoms with Gasteiger partial charge in [-0.15, -0.1) is 19.3 Å². The summed E-state index contributed by atoms with van der Waals surface area (Å²) < 4.78 is 48.6. The van der Waals surface area contributed by atoms with Crippen LogP contribution in [0.2, 0.25) is 0 Å². The molecular weight excluding hydrogens is 683 g/mol. The molecule has 7 nitrogen and oxygen atoms in total. The average Bonchev–Trinajstić information content (AvgIpc) is 3.11. The first-order valence-electron chi connectivity index (χ1n) is 14.4. The van der Waals surface area contributed by atoms with Crippen LogP contribution in [0.5, 0.6) is 0 Å². The molecule has 0 N–H and O–H groups in total. The largest absolute Gasteiger partial charge is 1.00 e. The molecule has 0 atom stereocenters. The highest BCUT2D eigenvalue weighted by molar-refractivity contribution is 14.1. The van der Waals surface area contributed by atoms with Crippen molar-refractivity contribution in [3.8, 4) is 37.0 Å². The van der Waals surface area contributed by atoms with Gasteiger partial charge in [0, 0.05) is 4.33 Å². The fraction of sp³-hybridized carbons (Fsp3) is 0.800. The lowest BCUT2D eigenvalue weighted by atomic mass is 9.88. The van der Waals surface area contributed by atoms with Crippen LogP contribution in [0.4, 0.5) is 8.63 Å². The van der Waals surface area contributed by atoms with Gasteiger partial charge in [0.05, 0.1) is 57.1 Å². The zero-order valence-electron chi connectivity index (χ0n) is 29.7. The number of hydrogen-bond donors (Lipinski definition) is 0. The molecule has 0 aliphatic carbocycles. The van der Waals surface area contributed by atoms with Gasteiger partial charge in [-0.1, -0.05) is 28.5 Å². The van der Waals surface area contributed by atoms with E-state index in [0.717, 1.165) is 17.3 Å². The van der Waals surface area contributed by atoms with Crippen LogP contribution in [0.15, 0.2) is 0 Å². The standard InChI is InChI=1S/C12H23BNO2.C7H14BIO2.C6H11BF2N.C5H9N.FH/c1-8-9-14(6,7)10-13-15-11(2,3)12(4,5)16-13;1-6(2)7(3,4)11-8(5-9)10-6;1-4-5-10(2,3)6-7(8)9;1-4-5-6(2)3;/h1H,9-10H2,2-7H3;5H2,1-4H3;1H,5-6H2,2-3H3;1H,5H2,2-3H3;1H/q+1;;+1;;/p-1. The number of alkyl halides is 1. The third kappa shape index (κ3) is 18.3. The summed E-state index contributed by atoms with van der Waals surface area (Å²) in [6.45, 7) is 18.3. The molecule has 0 saturated carbocycles. The fourth-order valence-electron chi connectivity index (χ4n) is 3.65. The maximum absolute atomic E-state index is 11.8. The molecule has 14 heteroatoms. The third-order valence-electron chi connectivity index (χ3n) is 7.45. The van der Waals surface area contributed by atoms with Crippen molar-refractivity contribution in [1.29, 1.82) is 0 Å². The average molecular weight is 740 g/mol. The van der Waals surface area contributed by atoms with E-state index >= 15 is 0 Å². The summed E-state index contributed by atoms with van der Waals surface area (Å²) in [5, 5.41) is 0. The van der Waals surface area contributed by atoms with Crippen molar-refractivity contribution in [1.82, 2.24) is 4.90 Å². The minimum atomic E-state index is -2.27. The van der Waals surface area contributed by atoms with E-state index in [1.54, 1.807) is 14.1 Å². The highest BCUT2D eigenvalue weighted by Gasteiger charge is 2.53. The third-order valence-corrected chi connectivity index (χ3v) is 8.17. The summed E-state index contributed by atoms with van der Waals surface area (Å²) in [6, 6.07) is 0. The van der Waals surface area contributed by atoms with Crippen molar-refractivity contribution in [3.05, 3.63) is 0 Å². The van der Waals surface area contributed by atoms with Crippen LogP contribution in [-0.4, -0.2) is 137 Å². The molecule has 2 aliphatic rings. The fourth-order valence-corrected chi connectivity index (χ4v) is 4.01. The molecule has 0 spiro atoms. The summed E-state index contributed by atoms with van der Waals surface area (Å²) in [5.41, 5.74) is -0.840. The van der Waals surface area contributed by atoms with Gasteiger partial charge < -0.3 is 32.3 Å². The Bertz CT molecular complexity index is 932. The van der Waals surface area contributed by atoms with Gasteiger partial charge in [-0.3, -0.25) is 13.5 Å². The number of rotatable bonds is 8. The van der Waals surface area contributed by atoms with Crippen molar-refractivity contribution < 1.29 is 40.9 Å². The summed E-state index contributed by atoms with van der Waals surface area (Å²) in [6.07, 6.45) is 15.9. The van der Waals surface area contributed by atoms with Gasteiger partial charge in [0.25, 0.3) is 0 Å². The topological polar surface area (TPSA) is 40.2 Å². The number of halogens is 4. The van der Waals surface area contributed by atoms with E-state index in [2.05, 4.69) is 110 Å². The zero-order valence-corrected chi connectivity index (χ0v) is 31.9. The maximum atomic E-state index is 11.8. The van der Waals surface area contributed by atoms with Crippen LogP contribution >= 0.6 is 22.6 Å². The lowest BCUT2D eigenvalue weighted by Gasteiger charge is -2.32. The van der Waals surface area contributed by atoms with Crippen molar-refractivity contribution in [3.63, 3.8) is 0 Å². The van der Waals surface area contributed by atoms with E-state index in [1.807, 2.05) is 19.0 Å². The van der Waals surface area contributed by atoms with Crippen LogP contribution in [0, 0.1) is 37.0 Å². The first-order valence-corrected chi connectivity index (χ1v) is 15.9. The minimum Gasteiger partial charge on any atom is -1.00 e. The Hall–Kier alpha value is -0.885. The molecular formula is C30H57B3F3IN3O4+. The number of terminal acetylenes is 3. The predicted octanol–water partition coefficient (Wildman–Crippen LogP) is 1.23. The Morgan fingerprint density at radius 3 is 1.27 bits per heavy atom. The van der Waals surface area contributed by atoms with E-state index in [9.17, 15) is 8.63 Å². The minimum absolute atomic E-state index is 0. The van der Waals surface area contributed by atoms with Crippen LogP contribution in [0.1, 0.15) is 55.4 Å². The molecule has 0 aromatic rings. The summed E-state index contributed by atoms with van der Waals surface area (Å²) in [4.78, 5) is 1.94. The molecule has 2 rings (SSSR count). The van der Waals surface area contributed by atoms with E-state index in [0.29, 0.717) is 17.6 Å². The zero-order chi connectivity index (χ0) is 34.5. The van der Waals surface area contributed by atoms with Crippen molar-refractivity contribution in [2.75, 3.05) is 79.1 Å². The monoisotopic (exact) mass is 740 g/mol. The van der Waals surface area contributed by atoms with Gasteiger partial charge in [-0.05, 0) is 81.3 Å². The quantitative estimate of drug-likeness (QED) is 0.123. The first-order chi connectivity index (χ1) is 19.2. The highest BCUT2D eigenvalue weighted by Crippen LogP contribution is 2.37. The number of hydrogen-bond acceptors (Lipinski definition) is 5. The highest BCUT2D eigenvalue weighted by atomic mass is 127. The lowest BCUT2D eigenvalue weighted by Crippen LogP contribution is -3.00. The molecule has 0 bridgehead atoms. The second-order valence-corrected chi connectivity index (χ2v) is 15.2. The number of nitrogens with zero attached hydrogens (tertiary/aromatic N) is 3.